The van der Waals surface area contributed by atoms with Crippen LogP contribution in [0.5, 0.6) is 0 Å². The molecule has 0 radical (unpaired) electrons. The van der Waals surface area contributed by atoms with Crippen molar-refractivity contribution < 1.29 is 9.18 Å². The monoisotopic (exact) mass is 272 g/mol. The number of carbonyl (C=O) groups excluding carboxylic acids is 1. The first-order valence-corrected chi connectivity index (χ1v) is 5.83. The molecule has 1 atom stereocenters. The van der Waals surface area contributed by atoms with Crippen LogP contribution in [-0.4, -0.2) is 37.0 Å². The van der Waals surface area contributed by atoms with Gasteiger partial charge in [-0.05, 0) is 37.6 Å². The summed E-state index contributed by atoms with van der Waals surface area (Å²) in [5.41, 5.74) is 1.27. The molecule has 3 nitrogen and oxygen atoms in total. The van der Waals surface area contributed by atoms with E-state index >= 15 is 0 Å². The van der Waals surface area contributed by atoms with E-state index in [0.717, 1.165) is 25.1 Å². The van der Waals surface area contributed by atoms with Gasteiger partial charge in [0.1, 0.15) is 5.82 Å². The van der Waals surface area contributed by atoms with Gasteiger partial charge < -0.3 is 10.2 Å². The molecule has 0 aromatic heterocycles. The lowest BCUT2D eigenvalue weighted by atomic mass is 10.1. The highest BCUT2D eigenvalue weighted by molar-refractivity contribution is 5.95. The Morgan fingerprint density at radius 3 is 2.83 bits per heavy atom. The highest BCUT2D eigenvalue weighted by Crippen LogP contribution is 2.15. The fourth-order valence-corrected chi connectivity index (χ4v) is 2.15. The van der Waals surface area contributed by atoms with Crippen molar-refractivity contribution in [1.29, 1.82) is 0 Å². The largest absolute Gasteiger partial charge is 0.337 e. The number of likely N-dealkylation sites (N-methyl/N-ethyl adjacent to an activating group) is 1. The molecule has 1 aromatic rings. The lowest BCUT2D eigenvalue weighted by molar-refractivity contribution is 0.0742. The van der Waals surface area contributed by atoms with E-state index < -0.39 is 0 Å². The van der Waals surface area contributed by atoms with E-state index in [4.69, 9.17) is 0 Å². The Labute approximate surface area is 113 Å². The highest BCUT2D eigenvalue weighted by Gasteiger charge is 2.24. The van der Waals surface area contributed by atoms with Crippen molar-refractivity contribution in [3.05, 3.63) is 35.1 Å². The van der Waals surface area contributed by atoms with Crippen LogP contribution in [0.15, 0.2) is 18.2 Å². The van der Waals surface area contributed by atoms with E-state index in [1.165, 1.54) is 12.1 Å². The minimum Gasteiger partial charge on any atom is -0.337 e. The van der Waals surface area contributed by atoms with Crippen LogP contribution in [0.2, 0.25) is 0 Å². The van der Waals surface area contributed by atoms with Gasteiger partial charge in [-0.3, -0.25) is 4.79 Å². The molecular weight excluding hydrogens is 255 g/mol. The summed E-state index contributed by atoms with van der Waals surface area (Å²) < 4.78 is 13.2. The van der Waals surface area contributed by atoms with Crippen molar-refractivity contribution in [3.8, 4) is 0 Å². The van der Waals surface area contributed by atoms with Crippen LogP contribution in [-0.2, 0) is 0 Å². The van der Waals surface area contributed by atoms with Crippen molar-refractivity contribution >= 4 is 18.3 Å². The van der Waals surface area contributed by atoms with Crippen LogP contribution in [0.3, 0.4) is 0 Å². The lowest BCUT2D eigenvalue weighted by Crippen LogP contribution is -2.38. The van der Waals surface area contributed by atoms with Gasteiger partial charge in [0.2, 0.25) is 0 Å². The summed E-state index contributed by atoms with van der Waals surface area (Å²) >= 11 is 0. The molecule has 1 aliphatic heterocycles. The molecule has 1 amide bonds. The van der Waals surface area contributed by atoms with E-state index in [1.54, 1.807) is 18.0 Å². The van der Waals surface area contributed by atoms with Crippen LogP contribution in [0.25, 0.3) is 0 Å². The standard InChI is InChI=1S/C13H17FN2O.ClH/c1-9-3-4-10(14)7-12(9)13(17)16(2)11-5-6-15-8-11;/h3-4,7,11,15H,5-6,8H2,1-2H3;1H. The van der Waals surface area contributed by atoms with Crippen LogP contribution in [0.4, 0.5) is 4.39 Å². The van der Waals surface area contributed by atoms with Gasteiger partial charge in [-0.15, -0.1) is 12.4 Å². The number of hydrogen-bond acceptors (Lipinski definition) is 2. The van der Waals surface area contributed by atoms with Gasteiger partial charge in [-0.25, -0.2) is 4.39 Å². The maximum atomic E-state index is 13.2. The molecule has 0 aliphatic carbocycles. The molecule has 1 aromatic carbocycles. The number of nitrogens with one attached hydrogen (secondary N) is 1. The molecule has 0 spiro atoms. The normalized spacial score (nSPS) is 18.3. The Hall–Kier alpha value is -1.13. The molecule has 1 saturated heterocycles. The smallest absolute Gasteiger partial charge is 0.254 e. The Balaban J connectivity index is 0.00000162. The molecule has 1 N–H and O–H groups in total. The number of rotatable bonds is 2. The second-order valence-corrected chi connectivity index (χ2v) is 4.52. The van der Waals surface area contributed by atoms with Gasteiger partial charge in [0, 0.05) is 25.2 Å². The second kappa shape index (κ2) is 6.16. The topological polar surface area (TPSA) is 32.3 Å². The van der Waals surface area contributed by atoms with Gasteiger partial charge in [0.25, 0.3) is 5.91 Å². The average molecular weight is 273 g/mol. The zero-order valence-corrected chi connectivity index (χ0v) is 11.4. The van der Waals surface area contributed by atoms with E-state index in [-0.39, 0.29) is 30.2 Å². The summed E-state index contributed by atoms with van der Waals surface area (Å²) in [6, 6.07) is 4.55. The number of aryl methyl sites for hydroxylation is 1. The van der Waals surface area contributed by atoms with E-state index in [1.807, 2.05) is 6.92 Å². The van der Waals surface area contributed by atoms with Crippen LogP contribution >= 0.6 is 12.4 Å². The number of nitrogens with zero attached hydrogens (tertiary/aromatic N) is 1. The first kappa shape index (κ1) is 14.9. The summed E-state index contributed by atoms with van der Waals surface area (Å²) in [5, 5.41) is 3.22. The van der Waals surface area contributed by atoms with Crippen molar-refractivity contribution in [1.82, 2.24) is 10.2 Å². The number of halogens is 2. The molecule has 1 heterocycles. The van der Waals surface area contributed by atoms with E-state index in [0.29, 0.717) is 5.56 Å². The number of benzene rings is 1. The Bertz CT molecular complexity index is 433. The van der Waals surface area contributed by atoms with Crippen molar-refractivity contribution in [2.75, 3.05) is 20.1 Å². The molecule has 0 bridgehead atoms. The predicted molar refractivity (Wildman–Crippen MR) is 71.8 cm³/mol. The molecule has 1 aliphatic rings. The maximum absolute atomic E-state index is 13.2. The predicted octanol–water partition coefficient (Wildman–Crippen LogP) is 1.99. The van der Waals surface area contributed by atoms with Gasteiger partial charge in [0.05, 0.1) is 0 Å². The maximum Gasteiger partial charge on any atom is 0.254 e. The molecule has 2 rings (SSSR count). The minimum absolute atomic E-state index is 0. The van der Waals surface area contributed by atoms with Crippen molar-refractivity contribution in [3.63, 3.8) is 0 Å². The van der Waals surface area contributed by atoms with E-state index in [2.05, 4.69) is 5.32 Å². The number of carbonyl (C=O) groups is 1. The minimum atomic E-state index is -0.364. The molecular formula is C13H18ClFN2O. The molecule has 1 unspecified atom stereocenters. The lowest BCUT2D eigenvalue weighted by Gasteiger charge is -2.24. The van der Waals surface area contributed by atoms with Crippen LogP contribution < -0.4 is 5.32 Å². The number of hydrogen-bond donors (Lipinski definition) is 1. The van der Waals surface area contributed by atoms with Gasteiger partial charge >= 0.3 is 0 Å². The third-order valence-corrected chi connectivity index (χ3v) is 3.33. The number of amides is 1. The molecule has 1 fully saturated rings. The summed E-state index contributed by atoms with van der Waals surface area (Å²) in [7, 11) is 1.78. The Kier molecular flexibility index (Phi) is 5.11. The Morgan fingerprint density at radius 2 is 2.22 bits per heavy atom. The average Bonchev–Trinajstić information content (AvgIpc) is 2.84. The third kappa shape index (κ3) is 3.00. The van der Waals surface area contributed by atoms with Crippen LogP contribution in [0.1, 0.15) is 22.3 Å². The van der Waals surface area contributed by atoms with Gasteiger partial charge in [-0.2, -0.15) is 0 Å². The highest BCUT2D eigenvalue weighted by atomic mass is 35.5. The van der Waals surface area contributed by atoms with Gasteiger partial charge in [0.15, 0.2) is 0 Å². The molecule has 5 heteroatoms. The molecule has 18 heavy (non-hydrogen) atoms. The zero-order valence-electron chi connectivity index (χ0n) is 10.6. The van der Waals surface area contributed by atoms with Crippen molar-refractivity contribution in [2.45, 2.75) is 19.4 Å². The Morgan fingerprint density at radius 1 is 1.50 bits per heavy atom. The molecule has 0 saturated carbocycles. The van der Waals surface area contributed by atoms with Gasteiger partial charge in [-0.1, -0.05) is 6.07 Å². The second-order valence-electron chi connectivity index (χ2n) is 4.52. The fourth-order valence-electron chi connectivity index (χ4n) is 2.15. The summed E-state index contributed by atoms with van der Waals surface area (Å²) in [6.45, 7) is 3.58. The first-order valence-electron chi connectivity index (χ1n) is 5.83. The van der Waals surface area contributed by atoms with E-state index in [9.17, 15) is 9.18 Å². The van der Waals surface area contributed by atoms with Crippen molar-refractivity contribution in [2.24, 2.45) is 0 Å². The first-order chi connectivity index (χ1) is 8.09. The summed E-state index contributed by atoms with van der Waals surface area (Å²) in [5.74, 6) is -0.465. The summed E-state index contributed by atoms with van der Waals surface area (Å²) in [6.07, 6.45) is 0.955. The summed E-state index contributed by atoms with van der Waals surface area (Å²) in [4.78, 5) is 13.9. The SMILES string of the molecule is Cc1ccc(F)cc1C(=O)N(C)C1CCNC1.Cl. The molecule has 100 valence electrons. The third-order valence-electron chi connectivity index (χ3n) is 3.33. The zero-order chi connectivity index (χ0) is 12.4. The van der Waals surface area contributed by atoms with Crippen LogP contribution in [0, 0.1) is 12.7 Å². The quantitative estimate of drug-likeness (QED) is 0.893. The fraction of sp³-hybridized carbons (Fsp3) is 0.462.